The number of anilines is 1. The number of aryl methyl sites for hydroxylation is 1. The molecule has 0 radical (unpaired) electrons. The maximum absolute atomic E-state index is 12.0. The fraction of sp³-hybridized carbons (Fsp3) is 0.333. The van der Waals surface area contributed by atoms with Gasteiger partial charge in [-0.15, -0.1) is 36.2 Å². The number of aromatic nitrogens is 1. The van der Waals surface area contributed by atoms with Crippen molar-refractivity contribution in [2.24, 2.45) is 0 Å². The number of thiazole rings is 1. The molecule has 1 aliphatic heterocycles. The molecule has 1 aromatic carbocycles. The molecule has 0 saturated carbocycles. The van der Waals surface area contributed by atoms with Crippen molar-refractivity contribution in [3.8, 4) is 11.3 Å². The van der Waals surface area contributed by atoms with E-state index in [-0.39, 0.29) is 30.7 Å². The first kappa shape index (κ1) is 19.9. The van der Waals surface area contributed by atoms with Crippen LogP contribution in [0.4, 0.5) is 5.69 Å². The summed E-state index contributed by atoms with van der Waals surface area (Å²) in [5.74, 6) is -0.112. The Balaban J connectivity index is 0.00000132. The van der Waals surface area contributed by atoms with E-state index in [1.807, 2.05) is 36.6 Å². The fourth-order valence-electron chi connectivity index (χ4n) is 2.18. The quantitative estimate of drug-likeness (QED) is 0.865. The van der Waals surface area contributed by atoms with Gasteiger partial charge in [0, 0.05) is 29.7 Å². The number of hydrogen-bond acceptors (Lipinski definition) is 5. The zero-order valence-electron chi connectivity index (χ0n) is 12.6. The van der Waals surface area contributed by atoms with Crippen molar-refractivity contribution in [2.45, 2.75) is 13.0 Å². The largest absolute Gasteiger partial charge is 0.366 e. The molecule has 0 spiro atoms. The van der Waals surface area contributed by atoms with Crippen molar-refractivity contribution < 1.29 is 9.53 Å². The van der Waals surface area contributed by atoms with Crippen LogP contribution in [0.5, 0.6) is 0 Å². The van der Waals surface area contributed by atoms with E-state index in [0.29, 0.717) is 13.2 Å². The maximum Gasteiger partial charge on any atom is 0.254 e. The third kappa shape index (κ3) is 5.16. The maximum atomic E-state index is 12.0. The second-order valence-electron chi connectivity index (χ2n) is 4.88. The van der Waals surface area contributed by atoms with Crippen LogP contribution in [0.3, 0.4) is 0 Å². The molecule has 126 valence electrons. The molecule has 0 aliphatic carbocycles. The number of nitrogens with one attached hydrogen (secondary N) is 2. The smallest absolute Gasteiger partial charge is 0.254 e. The van der Waals surface area contributed by atoms with Gasteiger partial charge in [-0.1, -0.05) is 12.1 Å². The minimum Gasteiger partial charge on any atom is -0.366 e. The van der Waals surface area contributed by atoms with Gasteiger partial charge in [0.15, 0.2) is 0 Å². The average molecular weight is 376 g/mol. The lowest BCUT2D eigenvalue weighted by molar-refractivity contribution is -0.128. The molecule has 2 heterocycles. The molecule has 1 amide bonds. The lowest BCUT2D eigenvalue weighted by atomic mass is 10.1. The summed E-state index contributed by atoms with van der Waals surface area (Å²) >= 11 is 1.63. The summed E-state index contributed by atoms with van der Waals surface area (Å²) in [6.45, 7) is 3.91. The normalized spacial score (nSPS) is 16.8. The van der Waals surface area contributed by atoms with E-state index in [4.69, 9.17) is 4.74 Å². The minimum absolute atomic E-state index is 0. The van der Waals surface area contributed by atoms with Gasteiger partial charge in [-0.2, -0.15) is 0 Å². The molecule has 8 heteroatoms. The van der Waals surface area contributed by atoms with E-state index in [9.17, 15) is 4.79 Å². The van der Waals surface area contributed by atoms with Crippen LogP contribution in [0.25, 0.3) is 11.3 Å². The number of ether oxygens (including phenoxy) is 1. The van der Waals surface area contributed by atoms with Crippen LogP contribution in [-0.2, 0) is 9.53 Å². The fourth-order valence-corrected chi connectivity index (χ4v) is 2.80. The molecule has 5 nitrogen and oxygen atoms in total. The highest BCUT2D eigenvalue weighted by Gasteiger charge is 2.21. The molecule has 23 heavy (non-hydrogen) atoms. The molecule has 3 rings (SSSR count). The average Bonchev–Trinajstić information content (AvgIpc) is 2.95. The number of rotatable bonds is 3. The van der Waals surface area contributed by atoms with Gasteiger partial charge in [-0.25, -0.2) is 4.98 Å². The third-order valence-corrected chi connectivity index (χ3v) is 4.06. The number of hydrogen-bond donors (Lipinski definition) is 2. The topological polar surface area (TPSA) is 63.2 Å². The first-order valence-corrected chi connectivity index (χ1v) is 7.76. The molecule has 2 aromatic rings. The first-order valence-electron chi connectivity index (χ1n) is 6.88. The summed E-state index contributed by atoms with van der Waals surface area (Å²) in [4.78, 5) is 16.5. The lowest BCUT2D eigenvalue weighted by Crippen LogP contribution is -2.45. The van der Waals surface area contributed by atoms with Crippen LogP contribution in [0.1, 0.15) is 5.01 Å². The number of carbonyl (C=O) groups is 1. The number of benzene rings is 1. The van der Waals surface area contributed by atoms with Gasteiger partial charge in [0.25, 0.3) is 5.91 Å². The highest BCUT2D eigenvalue weighted by Crippen LogP contribution is 2.23. The Bertz CT molecular complexity index is 628. The van der Waals surface area contributed by atoms with Crippen molar-refractivity contribution in [3.63, 3.8) is 0 Å². The Labute approximate surface area is 151 Å². The van der Waals surface area contributed by atoms with Gasteiger partial charge in [0.2, 0.25) is 0 Å². The highest BCUT2D eigenvalue weighted by molar-refractivity contribution is 7.09. The Morgan fingerprint density at radius 2 is 2.09 bits per heavy atom. The van der Waals surface area contributed by atoms with E-state index < -0.39 is 6.10 Å². The number of halogens is 2. The third-order valence-electron chi connectivity index (χ3n) is 3.29. The standard InChI is InChI=1S/C15H17N3O2S.2ClH/c1-10-17-13(9-21-10)11-2-4-12(5-3-11)18-15(19)14-8-16-6-7-20-14;;/h2-5,9,14,16H,6-8H2,1H3,(H,18,19);2*1H. The van der Waals surface area contributed by atoms with E-state index >= 15 is 0 Å². The number of morpholine rings is 1. The second-order valence-corrected chi connectivity index (χ2v) is 5.94. The van der Waals surface area contributed by atoms with Crippen molar-refractivity contribution in [1.29, 1.82) is 0 Å². The summed E-state index contributed by atoms with van der Waals surface area (Å²) in [5, 5.41) is 9.09. The van der Waals surface area contributed by atoms with E-state index in [1.54, 1.807) is 11.3 Å². The molecular weight excluding hydrogens is 357 g/mol. The van der Waals surface area contributed by atoms with Gasteiger partial charge < -0.3 is 15.4 Å². The van der Waals surface area contributed by atoms with Crippen molar-refractivity contribution >= 4 is 47.7 Å². The second kappa shape index (κ2) is 9.20. The number of nitrogens with zero attached hydrogens (tertiary/aromatic N) is 1. The van der Waals surface area contributed by atoms with E-state index in [2.05, 4.69) is 15.6 Å². The molecule has 0 bridgehead atoms. The Morgan fingerprint density at radius 1 is 1.35 bits per heavy atom. The van der Waals surface area contributed by atoms with Crippen LogP contribution < -0.4 is 10.6 Å². The summed E-state index contributed by atoms with van der Waals surface area (Å²) in [7, 11) is 0. The molecule has 1 aliphatic rings. The van der Waals surface area contributed by atoms with Crippen molar-refractivity contribution in [3.05, 3.63) is 34.7 Å². The van der Waals surface area contributed by atoms with Gasteiger partial charge in [0.1, 0.15) is 6.10 Å². The summed E-state index contributed by atoms with van der Waals surface area (Å²) in [6.07, 6.45) is -0.417. The Kier molecular flexibility index (Phi) is 7.94. The van der Waals surface area contributed by atoms with Gasteiger partial charge in [-0.05, 0) is 19.1 Å². The SMILES string of the molecule is Cc1nc(-c2ccc(NC(=O)C3CNCCO3)cc2)cs1.Cl.Cl. The zero-order chi connectivity index (χ0) is 14.7. The van der Waals surface area contributed by atoms with Crippen LogP contribution in [-0.4, -0.2) is 36.7 Å². The highest BCUT2D eigenvalue weighted by atomic mass is 35.5. The van der Waals surface area contributed by atoms with E-state index in [0.717, 1.165) is 28.5 Å². The lowest BCUT2D eigenvalue weighted by Gasteiger charge is -2.22. The predicted molar refractivity (Wildman–Crippen MR) is 98.0 cm³/mol. The summed E-state index contributed by atoms with van der Waals surface area (Å²) in [5.41, 5.74) is 2.79. The number of amides is 1. The molecular formula is C15H19Cl2N3O2S. The molecule has 2 N–H and O–H groups in total. The van der Waals surface area contributed by atoms with Crippen LogP contribution in [0.15, 0.2) is 29.6 Å². The summed E-state index contributed by atoms with van der Waals surface area (Å²) in [6, 6.07) is 7.70. The van der Waals surface area contributed by atoms with Crippen LogP contribution >= 0.6 is 36.2 Å². The van der Waals surface area contributed by atoms with Gasteiger partial charge in [0.05, 0.1) is 17.3 Å². The Hall–Kier alpha value is -1.18. The molecule has 1 fully saturated rings. The number of carbonyl (C=O) groups excluding carboxylic acids is 1. The van der Waals surface area contributed by atoms with Crippen molar-refractivity contribution in [2.75, 3.05) is 25.0 Å². The monoisotopic (exact) mass is 375 g/mol. The minimum atomic E-state index is -0.417. The Morgan fingerprint density at radius 3 is 2.65 bits per heavy atom. The van der Waals surface area contributed by atoms with Crippen LogP contribution in [0.2, 0.25) is 0 Å². The van der Waals surface area contributed by atoms with Crippen molar-refractivity contribution in [1.82, 2.24) is 10.3 Å². The van der Waals surface area contributed by atoms with Crippen LogP contribution in [0, 0.1) is 6.92 Å². The first-order chi connectivity index (χ1) is 10.2. The molecule has 1 saturated heterocycles. The summed E-state index contributed by atoms with van der Waals surface area (Å²) < 4.78 is 5.42. The predicted octanol–water partition coefficient (Wildman–Crippen LogP) is 2.89. The molecule has 1 aromatic heterocycles. The van der Waals surface area contributed by atoms with Gasteiger partial charge >= 0.3 is 0 Å². The van der Waals surface area contributed by atoms with E-state index in [1.165, 1.54) is 0 Å². The zero-order valence-corrected chi connectivity index (χ0v) is 15.0. The molecule has 1 unspecified atom stereocenters. The molecule has 1 atom stereocenters. The van der Waals surface area contributed by atoms with Gasteiger partial charge in [-0.3, -0.25) is 4.79 Å².